The molecule has 32 heavy (non-hydrogen) atoms. The first-order chi connectivity index (χ1) is 15.7. The summed E-state index contributed by atoms with van der Waals surface area (Å²) in [6, 6.07) is 28.5. The summed E-state index contributed by atoms with van der Waals surface area (Å²) in [7, 11) is 5.73. The van der Waals surface area contributed by atoms with Gasteiger partial charge in [0.2, 0.25) is 0 Å². The summed E-state index contributed by atoms with van der Waals surface area (Å²) >= 11 is 0. The smallest absolute Gasteiger partial charge is 0.162 e. The Morgan fingerprint density at radius 3 is 2.09 bits per heavy atom. The van der Waals surface area contributed by atoms with Crippen LogP contribution in [0.15, 0.2) is 84.9 Å². The molecule has 0 spiro atoms. The van der Waals surface area contributed by atoms with Crippen LogP contribution in [0.3, 0.4) is 0 Å². The van der Waals surface area contributed by atoms with Gasteiger partial charge >= 0.3 is 0 Å². The maximum atomic E-state index is 5.72. The highest BCUT2D eigenvalue weighted by molar-refractivity contribution is 5.91. The molecule has 162 valence electrons. The van der Waals surface area contributed by atoms with Crippen molar-refractivity contribution >= 4 is 5.82 Å². The average Bonchev–Trinajstić information content (AvgIpc) is 2.87. The standard InChI is InChI=1S/C27H28N4O/c1-28-18-19-31(2)27-24(20-12-6-4-7-13-20)25(22-16-10-11-17-23(22)32-3)29-26(30-27)21-14-8-5-9-15-21/h4-17,28H,18-19H2,1-3H3. The van der Waals surface area contributed by atoms with Crippen molar-refractivity contribution in [2.24, 2.45) is 0 Å². The second-order valence-corrected chi connectivity index (χ2v) is 7.55. The number of likely N-dealkylation sites (N-methyl/N-ethyl adjacent to an activating group) is 2. The minimum atomic E-state index is 0.692. The molecular formula is C27H28N4O. The Morgan fingerprint density at radius 2 is 1.44 bits per heavy atom. The van der Waals surface area contributed by atoms with Crippen molar-refractivity contribution in [3.63, 3.8) is 0 Å². The predicted molar refractivity (Wildman–Crippen MR) is 132 cm³/mol. The van der Waals surface area contributed by atoms with Crippen molar-refractivity contribution in [3.05, 3.63) is 84.9 Å². The highest BCUT2D eigenvalue weighted by Crippen LogP contribution is 2.41. The molecule has 4 aromatic rings. The van der Waals surface area contributed by atoms with E-state index < -0.39 is 0 Å². The molecule has 0 amide bonds. The zero-order chi connectivity index (χ0) is 22.3. The minimum absolute atomic E-state index is 0.692. The Bertz CT molecular complexity index is 1160. The molecule has 0 saturated heterocycles. The number of aromatic nitrogens is 2. The normalized spacial score (nSPS) is 10.7. The van der Waals surface area contributed by atoms with Crippen LogP contribution in [-0.2, 0) is 0 Å². The van der Waals surface area contributed by atoms with E-state index in [0.717, 1.165) is 52.6 Å². The van der Waals surface area contributed by atoms with Gasteiger partial charge in [-0.2, -0.15) is 0 Å². The Kier molecular flexibility index (Phi) is 6.78. The average molecular weight is 425 g/mol. The van der Waals surface area contributed by atoms with Crippen LogP contribution in [0, 0.1) is 0 Å². The number of methoxy groups -OCH3 is 1. The van der Waals surface area contributed by atoms with Gasteiger partial charge in [0.15, 0.2) is 5.82 Å². The number of nitrogens with zero attached hydrogens (tertiary/aromatic N) is 3. The number of hydrogen-bond acceptors (Lipinski definition) is 5. The summed E-state index contributed by atoms with van der Waals surface area (Å²) in [5.74, 6) is 2.37. The van der Waals surface area contributed by atoms with Gasteiger partial charge in [-0.05, 0) is 24.7 Å². The van der Waals surface area contributed by atoms with Crippen molar-refractivity contribution in [2.75, 3.05) is 39.2 Å². The molecule has 1 N–H and O–H groups in total. The van der Waals surface area contributed by atoms with Gasteiger partial charge in [0.1, 0.15) is 11.6 Å². The van der Waals surface area contributed by atoms with E-state index in [9.17, 15) is 0 Å². The monoisotopic (exact) mass is 424 g/mol. The Morgan fingerprint density at radius 1 is 0.812 bits per heavy atom. The molecule has 1 aromatic heterocycles. The number of ether oxygens (including phenoxy) is 1. The molecule has 0 atom stereocenters. The number of para-hydroxylation sites is 1. The quantitative estimate of drug-likeness (QED) is 0.424. The van der Waals surface area contributed by atoms with E-state index in [1.165, 1.54) is 0 Å². The largest absolute Gasteiger partial charge is 0.496 e. The number of rotatable bonds is 8. The summed E-state index contributed by atoms with van der Waals surface area (Å²) in [5.41, 5.74) is 4.84. The predicted octanol–water partition coefficient (Wildman–Crippen LogP) is 5.14. The van der Waals surface area contributed by atoms with E-state index in [-0.39, 0.29) is 0 Å². The van der Waals surface area contributed by atoms with Crippen LogP contribution in [0.1, 0.15) is 0 Å². The van der Waals surface area contributed by atoms with Crippen LogP contribution in [0.2, 0.25) is 0 Å². The van der Waals surface area contributed by atoms with E-state index in [1.807, 2.05) is 73.8 Å². The van der Waals surface area contributed by atoms with Gasteiger partial charge in [-0.25, -0.2) is 9.97 Å². The molecule has 0 saturated carbocycles. The zero-order valence-electron chi connectivity index (χ0n) is 18.7. The first kappa shape index (κ1) is 21.5. The molecule has 0 aliphatic rings. The van der Waals surface area contributed by atoms with E-state index in [4.69, 9.17) is 14.7 Å². The van der Waals surface area contributed by atoms with Crippen molar-refractivity contribution in [2.45, 2.75) is 0 Å². The Hall–Kier alpha value is -3.70. The SMILES string of the molecule is CNCCN(C)c1nc(-c2ccccc2)nc(-c2ccccc2OC)c1-c1ccccc1. The molecule has 0 radical (unpaired) electrons. The third kappa shape index (κ3) is 4.48. The third-order valence-corrected chi connectivity index (χ3v) is 5.41. The molecule has 4 rings (SSSR count). The van der Waals surface area contributed by atoms with E-state index in [2.05, 4.69) is 35.5 Å². The fourth-order valence-electron chi connectivity index (χ4n) is 3.73. The lowest BCUT2D eigenvalue weighted by molar-refractivity contribution is 0.416. The number of anilines is 1. The first-order valence-electron chi connectivity index (χ1n) is 10.7. The fraction of sp³-hybridized carbons (Fsp3) is 0.185. The lowest BCUT2D eigenvalue weighted by Gasteiger charge is -2.24. The van der Waals surface area contributed by atoms with Gasteiger partial charge in [-0.3, -0.25) is 0 Å². The molecule has 1 heterocycles. The number of hydrogen-bond donors (Lipinski definition) is 1. The summed E-state index contributed by atoms with van der Waals surface area (Å²) in [5, 5.41) is 3.23. The van der Waals surface area contributed by atoms with Crippen LogP contribution in [0.5, 0.6) is 5.75 Å². The van der Waals surface area contributed by atoms with Crippen molar-refractivity contribution in [1.82, 2.24) is 15.3 Å². The molecule has 0 fully saturated rings. The lowest BCUT2D eigenvalue weighted by atomic mass is 9.98. The van der Waals surface area contributed by atoms with Gasteiger partial charge in [-0.1, -0.05) is 72.8 Å². The maximum Gasteiger partial charge on any atom is 0.162 e. The second-order valence-electron chi connectivity index (χ2n) is 7.55. The first-order valence-corrected chi connectivity index (χ1v) is 10.7. The molecule has 0 bridgehead atoms. The van der Waals surface area contributed by atoms with Crippen LogP contribution >= 0.6 is 0 Å². The van der Waals surface area contributed by atoms with Crippen molar-refractivity contribution in [3.8, 4) is 39.5 Å². The summed E-state index contributed by atoms with van der Waals surface area (Å²) in [4.78, 5) is 12.3. The molecule has 0 unspecified atom stereocenters. The fourth-order valence-corrected chi connectivity index (χ4v) is 3.73. The van der Waals surface area contributed by atoms with Gasteiger partial charge in [0, 0.05) is 31.3 Å². The van der Waals surface area contributed by atoms with Crippen molar-refractivity contribution in [1.29, 1.82) is 0 Å². The maximum absolute atomic E-state index is 5.72. The van der Waals surface area contributed by atoms with Crippen LogP contribution in [-0.4, -0.2) is 44.3 Å². The summed E-state index contributed by atoms with van der Waals surface area (Å²) in [6.45, 7) is 1.66. The molecule has 0 aliphatic carbocycles. The highest BCUT2D eigenvalue weighted by Gasteiger charge is 2.22. The van der Waals surface area contributed by atoms with Crippen LogP contribution in [0.25, 0.3) is 33.8 Å². The van der Waals surface area contributed by atoms with Crippen LogP contribution in [0.4, 0.5) is 5.82 Å². The molecule has 5 nitrogen and oxygen atoms in total. The Balaban J connectivity index is 2.04. The van der Waals surface area contributed by atoms with E-state index >= 15 is 0 Å². The van der Waals surface area contributed by atoms with Gasteiger partial charge in [-0.15, -0.1) is 0 Å². The molecular weight excluding hydrogens is 396 g/mol. The van der Waals surface area contributed by atoms with Gasteiger partial charge in [0.05, 0.1) is 18.4 Å². The molecule has 5 heteroatoms. The van der Waals surface area contributed by atoms with E-state index in [0.29, 0.717) is 5.82 Å². The third-order valence-electron chi connectivity index (χ3n) is 5.41. The number of nitrogens with one attached hydrogen (secondary N) is 1. The lowest BCUT2D eigenvalue weighted by Crippen LogP contribution is -2.28. The second kappa shape index (κ2) is 10.1. The number of benzene rings is 3. The summed E-state index contributed by atoms with van der Waals surface area (Å²) < 4.78 is 5.72. The van der Waals surface area contributed by atoms with Crippen LogP contribution < -0.4 is 15.0 Å². The topological polar surface area (TPSA) is 50.3 Å². The van der Waals surface area contributed by atoms with Gasteiger partial charge < -0.3 is 15.0 Å². The minimum Gasteiger partial charge on any atom is -0.496 e. The molecule has 0 aliphatic heterocycles. The van der Waals surface area contributed by atoms with Crippen molar-refractivity contribution < 1.29 is 4.74 Å². The highest BCUT2D eigenvalue weighted by atomic mass is 16.5. The Labute approximate surface area is 189 Å². The molecule has 3 aromatic carbocycles. The summed E-state index contributed by atoms with van der Waals surface area (Å²) in [6.07, 6.45) is 0. The zero-order valence-corrected chi connectivity index (χ0v) is 18.7. The van der Waals surface area contributed by atoms with E-state index in [1.54, 1.807) is 7.11 Å². The van der Waals surface area contributed by atoms with Gasteiger partial charge in [0.25, 0.3) is 0 Å².